The molecule has 4 heteroatoms. The van der Waals surface area contributed by atoms with E-state index < -0.39 is 0 Å². The van der Waals surface area contributed by atoms with Crippen LogP contribution >= 0.6 is 22.7 Å². The molecular formula is C28H18O2S2. The van der Waals surface area contributed by atoms with Gasteiger partial charge in [-0.05, 0) is 35.0 Å². The number of thiophene rings is 2. The molecule has 0 fully saturated rings. The van der Waals surface area contributed by atoms with Crippen molar-refractivity contribution in [1.29, 1.82) is 0 Å². The zero-order valence-corrected chi connectivity index (χ0v) is 19.2. The van der Waals surface area contributed by atoms with Crippen molar-refractivity contribution in [1.82, 2.24) is 0 Å². The van der Waals surface area contributed by atoms with Crippen molar-refractivity contribution in [2.75, 3.05) is 14.2 Å². The SMILES string of the molecule is COc1c2ccccc2c(OC)c2c(C#Cc3ccsc3)ccc(C#Cc3ccsc3)c12. The molecule has 154 valence electrons. The van der Waals surface area contributed by atoms with E-state index >= 15 is 0 Å². The van der Waals surface area contributed by atoms with E-state index in [0.717, 1.165) is 55.3 Å². The van der Waals surface area contributed by atoms with Gasteiger partial charge in [-0.25, -0.2) is 0 Å². The van der Waals surface area contributed by atoms with Crippen LogP contribution in [0.4, 0.5) is 0 Å². The number of hydrogen-bond donors (Lipinski definition) is 0. The first kappa shape index (κ1) is 20.2. The Balaban J connectivity index is 1.89. The summed E-state index contributed by atoms with van der Waals surface area (Å²) in [6.07, 6.45) is 0. The van der Waals surface area contributed by atoms with Gasteiger partial charge in [0.25, 0.3) is 0 Å². The fourth-order valence-electron chi connectivity index (χ4n) is 3.81. The lowest BCUT2D eigenvalue weighted by Crippen LogP contribution is -1.97. The van der Waals surface area contributed by atoms with Crippen molar-refractivity contribution < 1.29 is 9.47 Å². The van der Waals surface area contributed by atoms with Gasteiger partial charge in [-0.3, -0.25) is 0 Å². The summed E-state index contributed by atoms with van der Waals surface area (Å²) in [4.78, 5) is 0. The van der Waals surface area contributed by atoms with Crippen LogP contribution in [0, 0.1) is 23.7 Å². The van der Waals surface area contributed by atoms with Gasteiger partial charge in [-0.15, -0.1) is 0 Å². The summed E-state index contributed by atoms with van der Waals surface area (Å²) in [5.74, 6) is 14.8. The third kappa shape index (κ3) is 3.61. The second-order valence-electron chi connectivity index (χ2n) is 7.05. The molecule has 0 atom stereocenters. The maximum absolute atomic E-state index is 5.96. The van der Waals surface area contributed by atoms with E-state index in [4.69, 9.17) is 9.47 Å². The molecule has 0 bridgehead atoms. The van der Waals surface area contributed by atoms with Gasteiger partial charge < -0.3 is 9.47 Å². The topological polar surface area (TPSA) is 18.5 Å². The maximum Gasteiger partial charge on any atom is 0.136 e. The summed E-state index contributed by atoms with van der Waals surface area (Å²) in [6, 6.07) is 16.2. The van der Waals surface area contributed by atoms with Crippen molar-refractivity contribution in [3.05, 3.63) is 92.3 Å². The minimum atomic E-state index is 0.783. The van der Waals surface area contributed by atoms with Crippen molar-refractivity contribution in [2.45, 2.75) is 0 Å². The van der Waals surface area contributed by atoms with Gasteiger partial charge in [-0.2, -0.15) is 22.7 Å². The largest absolute Gasteiger partial charge is 0.495 e. The third-order valence-electron chi connectivity index (χ3n) is 5.21. The number of benzene rings is 3. The first-order valence-electron chi connectivity index (χ1n) is 9.98. The van der Waals surface area contributed by atoms with Crippen LogP contribution in [0.2, 0.25) is 0 Å². The molecule has 0 aliphatic heterocycles. The molecule has 0 saturated carbocycles. The molecule has 0 saturated heterocycles. The van der Waals surface area contributed by atoms with E-state index in [1.165, 1.54) is 0 Å². The van der Waals surface area contributed by atoms with E-state index in [-0.39, 0.29) is 0 Å². The maximum atomic E-state index is 5.96. The highest BCUT2D eigenvalue weighted by molar-refractivity contribution is 7.08. The second kappa shape index (κ2) is 8.81. The first-order valence-corrected chi connectivity index (χ1v) is 11.9. The van der Waals surface area contributed by atoms with Crippen LogP contribution in [0.15, 0.2) is 70.1 Å². The molecule has 0 N–H and O–H groups in total. The molecule has 0 aliphatic rings. The van der Waals surface area contributed by atoms with E-state index in [1.807, 2.05) is 57.9 Å². The van der Waals surface area contributed by atoms with E-state index in [2.05, 4.69) is 35.8 Å². The van der Waals surface area contributed by atoms with Crippen molar-refractivity contribution >= 4 is 44.2 Å². The first-order chi connectivity index (χ1) is 15.8. The van der Waals surface area contributed by atoms with Gasteiger partial charge in [0, 0.05) is 54.6 Å². The van der Waals surface area contributed by atoms with Gasteiger partial charge in [0.2, 0.25) is 0 Å². The normalized spacial score (nSPS) is 10.3. The van der Waals surface area contributed by atoms with Gasteiger partial charge in [-0.1, -0.05) is 47.9 Å². The summed E-state index contributed by atoms with van der Waals surface area (Å²) < 4.78 is 11.9. The fraction of sp³-hybridized carbons (Fsp3) is 0.0714. The average Bonchev–Trinajstić information content (AvgIpc) is 3.54. The highest BCUT2D eigenvalue weighted by atomic mass is 32.1. The van der Waals surface area contributed by atoms with Crippen LogP contribution in [-0.4, -0.2) is 14.2 Å². The predicted octanol–water partition coefficient (Wildman–Crippen LogP) is 6.93. The molecule has 2 nitrogen and oxygen atoms in total. The molecular weight excluding hydrogens is 432 g/mol. The Labute approximate surface area is 195 Å². The Morgan fingerprint density at radius 2 is 1.06 bits per heavy atom. The van der Waals surface area contributed by atoms with Crippen molar-refractivity contribution in [3.63, 3.8) is 0 Å². The Morgan fingerprint density at radius 1 is 0.594 bits per heavy atom. The summed E-state index contributed by atoms with van der Waals surface area (Å²) >= 11 is 3.27. The lowest BCUT2D eigenvalue weighted by molar-refractivity contribution is 0.417. The van der Waals surface area contributed by atoms with E-state index in [1.54, 1.807) is 36.9 Å². The van der Waals surface area contributed by atoms with Gasteiger partial charge in [0.05, 0.1) is 14.2 Å². The summed E-state index contributed by atoms with van der Waals surface area (Å²) in [5, 5.41) is 12.0. The minimum absolute atomic E-state index is 0.783. The molecule has 2 heterocycles. The Hall–Kier alpha value is -3.70. The Kier molecular flexibility index (Phi) is 5.57. The quantitative estimate of drug-likeness (QED) is 0.214. The van der Waals surface area contributed by atoms with Gasteiger partial charge in [0.1, 0.15) is 11.5 Å². The van der Waals surface area contributed by atoms with Crippen LogP contribution in [0.5, 0.6) is 11.5 Å². The van der Waals surface area contributed by atoms with Crippen LogP contribution < -0.4 is 9.47 Å². The minimum Gasteiger partial charge on any atom is -0.495 e. The molecule has 0 aliphatic carbocycles. The van der Waals surface area contributed by atoms with Crippen molar-refractivity contribution in [2.24, 2.45) is 0 Å². The number of methoxy groups -OCH3 is 2. The average molecular weight is 451 g/mol. The highest BCUT2D eigenvalue weighted by Gasteiger charge is 2.19. The van der Waals surface area contributed by atoms with Crippen LogP contribution in [-0.2, 0) is 0 Å². The monoisotopic (exact) mass is 450 g/mol. The second-order valence-corrected chi connectivity index (χ2v) is 8.61. The molecule has 32 heavy (non-hydrogen) atoms. The fourth-order valence-corrected chi connectivity index (χ4v) is 4.98. The highest BCUT2D eigenvalue weighted by Crippen LogP contribution is 2.45. The van der Waals surface area contributed by atoms with E-state index in [0.29, 0.717) is 0 Å². The Bertz CT molecular complexity index is 1420. The third-order valence-corrected chi connectivity index (χ3v) is 6.58. The standard InChI is InChI=1S/C28H18O2S2/c1-29-27-23-5-3-4-6-24(23)28(30-2)26-22(10-8-20-14-16-32-18-20)12-11-21(25(26)27)9-7-19-13-15-31-17-19/h3-6,11-18H,1-2H3. The zero-order chi connectivity index (χ0) is 21.9. The molecule has 0 spiro atoms. The molecule has 2 aromatic heterocycles. The molecule has 0 amide bonds. The number of hydrogen-bond acceptors (Lipinski definition) is 4. The smallest absolute Gasteiger partial charge is 0.136 e. The van der Waals surface area contributed by atoms with E-state index in [9.17, 15) is 0 Å². The van der Waals surface area contributed by atoms with Gasteiger partial charge in [0.15, 0.2) is 0 Å². The Morgan fingerprint density at radius 3 is 1.44 bits per heavy atom. The number of ether oxygens (including phenoxy) is 2. The number of rotatable bonds is 2. The number of fused-ring (bicyclic) bond motifs is 2. The predicted molar refractivity (Wildman–Crippen MR) is 135 cm³/mol. The zero-order valence-electron chi connectivity index (χ0n) is 17.6. The molecule has 5 rings (SSSR count). The van der Waals surface area contributed by atoms with Crippen LogP contribution in [0.1, 0.15) is 22.3 Å². The lowest BCUT2D eigenvalue weighted by atomic mass is 9.93. The molecule has 0 unspecified atom stereocenters. The summed E-state index contributed by atoms with van der Waals surface area (Å²) in [7, 11) is 3.40. The summed E-state index contributed by atoms with van der Waals surface area (Å²) in [6.45, 7) is 0. The van der Waals surface area contributed by atoms with Crippen LogP contribution in [0.25, 0.3) is 21.5 Å². The van der Waals surface area contributed by atoms with Crippen molar-refractivity contribution in [3.8, 4) is 35.2 Å². The molecule has 5 aromatic rings. The van der Waals surface area contributed by atoms with Crippen LogP contribution in [0.3, 0.4) is 0 Å². The van der Waals surface area contributed by atoms with Gasteiger partial charge >= 0.3 is 0 Å². The summed E-state index contributed by atoms with van der Waals surface area (Å²) in [5.41, 5.74) is 3.76. The molecule has 0 radical (unpaired) electrons. The lowest BCUT2D eigenvalue weighted by Gasteiger charge is -2.17. The molecule has 3 aromatic carbocycles.